The van der Waals surface area contributed by atoms with E-state index in [0.717, 1.165) is 76.4 Å². The number of nitrogens with one attached hydrogen (secondary N) is 1. The lowest BCUT2D eigenvalue weighted by molar-refractivity contribution is 0.127. The molecular formula is C25H30Cl2FN5S. The van der Waals surface area contributed by atoms with E-state index in [0.29, 0.717) is 6.04 Å². The SMILES string of the molecule is CCc1nc2c(s1)NC=c1cccnc1=C2N1CCN(C)C(CCc2cccc(F)c2)C1.Cl.Cl. The Bertz CT molecular complexity index is 1250. The molecule has 3 aromatic rings. The van der Waals surface area contributed by atoms with Crippen LogP contribution in [0.4, 0.5) is 9.39 Å². The molecule has 0 spiro atoms. The maximum atomic E-state index is 13.6. The Morgan fingerprint density at radius 3 is 2.82 bits per heavy atom. The first kappa shape index (κ1) is 26.4. The Morgan fingerprint density at radius 1 is 1.18 bits per heavy atom. The van der Waals surface area contributed by atoms with Crippen LogP contribution >= 0.6 is 36.2 Å². The minimum Gasteiger partial charge on any atom is -0.365 e. The van der Waals surface area contributed by atoms with Crippen LogP contribution in [-0.4, -0.2) is 52.5 Å². The molecule has 1 saturated heterocycles. The summed E-state index contributed by atoms with van der Waals surface area (Å²) in [7, 11) is 2.19. The summed E-state index contributed by atoms with van der Waals surface area (Å²) in [4.78, 5) is 14.7. The molecule has 4 heterocycles. The number of nitrogens with zero attached hydrogens (tertiary/aromatic N) is 4. The van der Waals surface area contributed by atoms with Crippen molar-refractivity contribution in [3.8, 4) is 0 Å². The van der Waals surface area contributed by atoms with E-state index in [1.165, 1.54) is 6.07 Å². The number of aryl methyl sites for hydroxylation is 2. The molecule has 2 aliphatic heterocycles. The predicted octanol–water partition coefficient (Wildman–Crippen LogP) is 3.65. The standard InChI is InChI=1S/C25H28FN5S.2ClH/c1-3-21-29-23-24(22-18(7-5-11-27-22)15-28-25(23)32-21)31-13-12-30(2)20(16-31)10-9-17-6-4-8-19(26)14-17;;/h4-8,11,14-15,20,28H,3,9-10,12-13,16H2,1-2H3;2*1H. The van der Waals surface area contributed by atoms with Crippen molar-refractivity contribution >= 4 is 53.0 Å². The number of anilines is 1. The highest BCUT2D eigenvalue weighted by Gasteiger charge is 2.30. The summed E-state index contributed by atoms with van der Waals surface area (Å²) >= 11 is 1.72. The number of aromatic nitrogens is 2. The minimum atomic E-state index is -0.163. The van der Waals surface area contributed by atoms with Crippen LogP contribution in [-0.2, 0) is 12.8 Å². The third-order valence-corrected chi connectivity index (χ3v) is 7.50. The summed E-state index contributed by atoms with van der Waals surface area (Å²) in [6.07, 6.45) is 6.67. The average molecular weight is 523 g/mol. The number of thiazole rings is 1. The first-order chi connectivity index (χ1) is 15.6. The van der Waals surface area contributed by atoms with Crippen LogP contribution in [0.1, 0.15) is 29.6 Å². The second-order valence-corrected chi connectivity index (χ2v) is 9.55. The molecule has 5 nitrogen and oxygen atoms in total. The van der Waals surface area contributed by atoms with Gasteiger partial charge in [0, 0.05) is 43.3 Å². The number of pyridine rings is 1. The highest BCUT2D eigenvalue weighted by Crippen LogP contribution is 2.33. The van der Waals surface area contributed by atoms with Gasteiger partial charge in [0.05, 0.1) is 16.1 Å². The van der Waals surface area contributed by atoms with Crippen LogP contribution in [0.15, 0.2) is 42.6 Å². The van der Waals surface area contributed by atoms with Crippen molar-refractivity contribution < 1.29 is 4.39 Å². The number of rotatable bonds is 5. The second-order valence-electron chi connectivity index (χ2n) is 8.47. The Hall–Kier alpha value is -2.19. The van der Waals surface area contributed by atoms with Gasteiger partial charge in [-0.15, -0.1) is 36.2 Å². The number of hydrogen-bond acceptors (Lipinski definition) is 6. The Kier molecular flexibility index (Phi) is 8.93. The zero-order chi connectivity index (χ0) is 22.1. The van der Waals surface area contributed by atoms with E-state index in [9.17, 15) is 4.39 Å². The van der Waals surface area contributed by atoms with Crippen molar-refractivity contribution in [1.82, 2.24) is 19.8 Å². The second kappa shape index (κ2) is 11.5. The van der Waals surface area contributed by atoms with Crippen molar-refractivity contribution in [2.45, 2.75) is 32.2 Å². The van der Waals surface area contributed by atoms with Crippen LogP contribution in [0.3, 0.4) is 0 Å². The molecule has 9 heteroatoms. The van der Waals surface area contributed by atoms with Gasteiger partial charge in [0.15, 0.2) is 0 Å². The van der Waals surface area contributed by atoms with E-state index < -0.39 is 0 Å². The van der Waals surface area contributed by atoms with Crippen molar-refractivity contribution in [2.75, 3.05) is 32.0 Å². The van der Waals surface area contributed by atoms with Gasteiger partial charge in [0.1, 0.15) is 16.5 Å². The molecule has 0 radical (unpaired) electrons. The fourth-order valence-electron chi connectivity index (χ4n) is 4.55. The topological polar surface area (TPSA) is 44.3 Å². The first-order valence-electron chi connectivity index (χ1n) is 11.2. The molecule has 0 bridgehead atoms. The van der Waals surface area contributed by atoms with Crippen molar-refractivity contribution in [3.05, 3.63) is 75.2 Å². The number of likely N-dealkylation sites (N-methyl/N-ethyl adjacent to an activating group) is 1. The Labute approximate surface area is 216 Å². The fraction of sp³-hybridized carbons (Fsp3) is 0.360. The fourth-order valence-corrected chi connectivity index (χ4v) is 5.42. The first-order valence-corrected chi connectivity index (χ1v) is 12.1. The Balaban J connectivity index is 0.00000162. The third-order valence-electron chi connectivity index (χ3n) is 6.37. The highest BCUT2D eigenvalue weighted by atomic mass is 35.5. The van der Waals surface area contributed by atoms with Gasteiger partial charge in [-0.25, -0.2) is 9.37 Å². The molecule has 1 fully saturated rings. The van der Waals surface area contributed by atoms with Crippen LogP contribution in [0.2, 0.25) is 0 Å². The number of piperazine rings is 1. The van der Waals surface area contributed by atoms with Crippen molar-refractivity contribution in [3.63, 3.8) is 0 Å². The summed E-state index contributed by atoms with van der Waals surface area (Å²) in [5, 5.41) is 7.76. The quantitative estimate of drug-likeness (QED) is 0.555. The molecule has 5 rings (SSSR count). The van der Waals surface area contributed by atoms with Gasteiger partial charge in [0.2, 0.25) is 0 Å². The lowest BCUT2D eigenvalue weighted by Gasteiger charge is -2.41. The lowest BCUT2D eigenvalue weighted by atomic mass is 10.0. The molecule has 1 aromatic carbocycles. The average Bonchev–Trinajstić information content (AvgIpc) is 3.15. The molecule has 1 atom stereocenters. The maximum Gasteiger partial charge on any atom is 0.124 e. The molecule has 182 valence electrons. The smallest absolute Gasteiger partial charge is 0.124 e. The maximum absolute atomic E-state index is 13.6. The van der Waals surface area contributed by atoms with Gasteiger partial charge in [0.25, 0.3) is 0 Å². The summed E-state index contributed by atoms with van der Waals surface area (Å²) in [5.74, 6) is -0.163. The minimum absolute atomic E-state index is 0. The van der Waals surface area contributed by atoms with Gasteiger partial charge in [-0.05, 0) is 56.1 Å². The van der Waals surface area contributed by atoms with Gasteiger partial charge in [-0.3, -0.25) is 9.88 Å². The third kappa shape index (κ3) is 5.38. The number of halogens is 3. The van der Waals surface area contributed by atoms with Gasteiger partial charge in [-0.2, -0.15) is 0 Å². The lowest BCUT2D eigenvalue weighted by Crippen LogP contribution is -2.52. The molecule has 2 aliphatic rings. The molecule has 2 aromatic heterocycles. The van der Waals surface area contributed by atoms with E-state index in [1.54, 1.807) is 23.5 Å². The van der Waals surface area contributed by atoms with Crippen LogP contribution in [0.5, 0.6) is 0 Å². The van der Waals surface area contributed by atoms with Crippen LogP contribution < -0.4 is 15.9 Å². The molecular weight excluding hydrogens is 492 g/mol. The number of benzene rings is 1. The van der Waals surface area contributed by atoms with E-state index in [-0.39, 0.29) is 30.6 Å². The van der Waals surface area contributed by atoms with Crippen LogP contribution in [0.25, 0.3) is 11.9 Å². The zero-order valence-corrected chi connectivity index (χ0v) is 21.8. The predicted molar refractivity (Wildman–Crippen MR) is 143 cm³/mol. The monoisotopic (exact) mass is 521 g/mol. The molecule has 1 unspecified atom stereocenters. The van der Waals surface area contributed by atoms with E-state index in [1.807, 2.05) is 24.5 Å². The number of fused-ring (bicyclic) bond motifs is 2. The molecule has 0 saturated carbocycles. The van der Waals surface area contributed by atoms with Crippen LogP contribution in [0, 0.1) is 5.82 Å². The highest BCUT2D eigenvalue weighted by molar-refractivity contribution is 7.16. The van der Waals surface area contributed by atoms with E-state index >= 15 is 0 Å². The molecule has 0 aliphatic carbocycles. The zero-order valence-electron chi connectivity index (χ0n) is 19.3. The largest absolute Gasteiger partial charge is 0.365 e. The summed E-state index contributed by atoms with van der Waals surface area (Å²) < 4.78 is 13.6. The molecule has 34 heavy (non-hydrogen) atoms. The van der Waals surface area contributed by atoms with Gasteiger partial charge >= 0.3 is 0 Å². The van der Waals surface area contributed by atoms with Crippen molar-refractivity contribution in [2.24, 2.45) is 0 Å². The summed E-state index contributed by atoms with van der Waals surface area (Å²) in [5.41, 5.74) is 3.18. The van der Waals surface area contributed by atoms with Gasteiger partial charge in [-0.1, -0.05) is 19.1 Å². The summed E-state index contributed by atoms with van der Waals surface area (Å²) in [6, 6.07) is 11.4. The normalized spacial score (nSPS) is 17.3. The van der Waals surface area contributed by atoms with E-state index in [4.69, 9.17) is 9.97 Å². The molecule has 1 N–H and O–H groups in total. The Morgan fingerprint density at radius 2 is 2.03 bits per heavy atom. The summed E-state index contributed by atoms with van der Waals surface area (Å²) in [6.45, 7) is 4.94. The van der Waals surface area contributed by atoms with Crippen molar-refractivity contribution in [1.29, 1.82) is 0 Å². The van der Waals surface area contributed by atoms with E-state index in [2.05, 4.69) is 35.2 Å². The molecule has 0 amide bonds. The van der Waals surface area contributed by atoms with Gasteiger partial charge < -0.3 is 10.2 Å². The number of hydrogen-bond donors (Lipinski definition) is 1.